The molecular weight excluding hydrogens is 406 g/mol. The number of hydrogen-bond acceptors (Lipinski definition) is 6. The Bertz CT molecular complexity index is 1040. The number of pyridine rings is 1. The average Bonchev–Trinajstić information content (AvgIpc) is 2.81. The highest BCUT2D eigenvalue weighted by Crippen LogP contribution is 2.31. The highest BCUT2D eigenvalue weighted by atomic mass is 32.2. The second-order valence-electron chi connectivity index (χ2n) is 7.92. The predicted molar refractivity (Wildman–Crippen MR) is 123 cm³/mol. The fraction of sp³-hybridized carbons (Fsp3) is 0.333. The number of hydrogen-bond donors (Lipinski definition) is 1. The van der Waals surface area contributed by atoms with Crippen molar-refractivity contribution in [2.24, 2.45) is 5.92 Å². The van der Waals surface area contributed by atoms with Crippen LogP contribution in [0.2, 0.25) is 0 Å². The van der Waals surface area contributed by atoms with Crippen LogP contribution < -0.4 is 10.2 Å². The maximum atomic E-state index is 12.6. The molecule has 2 aromatic heterocycles. The Labute approximate surface area is 187 Å². The summed E-state index contributed by atoms with van der Waals surface area (Å²) in [5.41, 5.74) is 3.55. The van der Waals surface area contributed by atoms with E-state index in [0.717, 1.165) is 42.3 Å². The van der Waals surface area contributed by atoms with Gasteiger partial charge in [-0.2, -0.15) is 0 Å². The lowest BCUT2D eigenvalue weighted by Gasteiger charge is -2.32. The number of anilines is 1. The van der Waals surface area contributed by atoms with E-state index in [1.54, 1.807) is 30.5 Å². The molecule has 0 radical (unpaired) electrons. The molecule has 1 aliphatic rings. The van der Waals surface area contributed by atoms with Crippen molar-refractivity contribution in [3.63, 3.8) is 0 Å². The maximum absolute atomic E-state index is 12.6. The zero-order valence-corrected chi connectivity index (χ0v) is 18.7. The highest BCUT2D eigenvalue weighted by molar-refractivity contribution is 7.99. The Morgan fingerprint density at radius 1 is 1.10 bits per heavy atom. The third-order valence-electron chi connectivity index (χ3n) is 5.59. The summed E-state index contributed by atoms with van der Waals surface area (Å²) < 4.78 is 0. The van der Waals surface area contributed by atoms with Gasteiger partial charge in [0.25, 0.3) is 0 Å². The summed E-state index contributed by atoms with van der Waals surface area (Å²) in [6.45, 7) is 6.41. The molecule has 0 bridgehead atoms. The molecule has 0 spiro atoms. The first-order chi connectivity index (χ1) is 15.1. The van der Waals surface area contributed by atoms with Crippen molar-refractivity contribution >= 4 is 23.5 Å². The SMILES string of the molecule is Cc1ccc(C)c(Sc2cc(N3CCC(C(=O)NCc4ccncc4)CC3)ncn2)c1. The van der Waals surface area contributed by atoms with E-state index in [1.807, 2.05) is 12.1 Å². The van der Waals surface area contributed by atoms with Gasteiger partial charge in [-0.05, 0) is 61.6 Å². The van der Waals surface area contributed by atoms with E-state index in [0.29, 0.717) is 6.54 Å². The largest absolute Gasteiger partial charge is 0.356 e. The lowest BCUT2D eigenvalue weighted by molar-refractivity contribution is -0.125. The number of amides is 1. The minimum Gasteiger partial charge on any atom is -0.356 e. The third-order valence-corrected chi connectivity index (χ3v) is 6.68. The van der Waals surface area contributed by atoms with Crippen molar-refractivity contribution in [2.75, 3.05) is 18.0 Å². The molecule has 1 saturated heterocycles. The van der Waals surface area contributed by atoms with Crippen molar-refractivity contribution in [1.82, 2.24) is 20.3 Å². The van der Waals surface area contributed by atoms with Gasteiger partial charge in [0.05, 0.1) is 0 Å². The number of carbonyl (C=O) groups is 1. The molecule has 3 aromatic rings. The monoisotopic (exact) mass is 433 g/mol. The zero-order chi connectivity index (χ0) is 21.6. The number of nitrogens with zero attached hydrogens (tertiary/aromatic N) is 4. The minimum atomic E-state index is 0.0451. The molecule has 0 saturated carbocycles. The first kappa shape index (κ1) is 21.3. The van der Waals surface area contributed by atoms with Gasteiger partial charge < -0.3 is 10.2 Å². The van der Waals surface area contributed by atoms with E-state index >= 15 is 0 Å². The lowest BCUT2D eigenvalue weighted by Crippen LogP contribution is -2.40. The fourth-order valence-corrected chi connectivity index (χ4v) is 4.66. The third kappa shape index (κ3) is 5.61. The van der Waals surface area contributed by atoms with Crippen molar-refractivity contribution in [3.8, 4) is 0 Å². The molecule has 6 nitrogen and oxygen atoms in total. The lowest BCUT2D eigenvalue weighted by atomic mass is 9.96. The molecule has 0 atom stereocenters. The standard InChI is InChI=1S/C24H27N5OS/c1-17-3-4-18(2)21(13-17)31-23-14-22(27-16-28-23)29-11-7-20(8-12-29)24(30)26-15-19-5-9-25-10-6-19/h3-6,9-10,13-14,16,20H,7-8,11-12,15H2,1-2H3,(H,26,30). The molecule has 31 heavy (non-hydrogen) atoms. The molecule has 1 amide bonds. The first-order valence-corrected chi connectivity index (χ1v) is 11.4. The van der Waals surface area contributed by atoms with Crippen molar-refractivity contribution in [2.45, 2.75) is 43.2 Å². The zero-order valence-electron chi connectivity index (χ0n) is 17.9. The van der Waals surface area contributed by atoms with Crippen LogP contribution >= 0.6 is 11.8 Å². The molecule has 1 N–H and O–H groups in total. The van der Waals surface area contributed by atoms with Gasteiger partial charge in [-0.15, -0.1) is 0 Å². The van der Waals surface area contributed by atoms with Crippen LogP contribution in [0.1, 0.15) is 29.5 Å². The van der Waals surface area contributed by atoms with E-state index in [1.165, 1.54) is 16.0 Å². The van der Waals surface area contributed by atoms with Gasteiger partial charge in [0.15, 0.2) is 0 Å². The van der Waals surface area contributed by atoms with Gasteiger partial charge in [0.1, 0.15) is 17.2 Å². The fourth-order valence-electron chi connectivity index (χ4n) is 3.69. The van der Waals surface area contributed by atoms with Crippen molar-refractivity contribution in [1.29, 1.82) is 0 Å². The Balaban J connectivity index is 1.33. The normalized spacial score (nSPS) is 14.5. The van der Waals surface area contributed by atoms with Gasteiger partial charge in [0.2, 0.25) is 5.91 Å². The molecule has 0 unspecified atom stereocenters. The quantitative estimate of drug-likeness (QED) is 0.588. The van der Waals surface area contributed by atoms with Crippen LogP contribution in [0.25, 0.3) is 0 Å². The summed E-state index contributed by atoms with van der Waals surface area (Å²) in [6, 6.07) is 12.4. The molecule has 1 aliphatic heterocycles. The van der Waals surface area contributed by atoms with Gasteiger partial charge in [-0.3, -0.25) is 9.78 Å². The van der Waals surface area contributed by atoms with Crippen LogP contribution in [0.15, 0.2) is 65.0 Å². The Morgan fingerprint density at radius 3 is 2.65 bits per heavy atom. The summed E-state index contributed by atoms with van der Waals surface area (Å²) in [7, 11) is 0. The molecular formula is C24H27N5OS. The maximum Gasteiger partial charge on any atom is 0.223 e. The minimum absolute atomic E-state index is 0.0451. The molecule has 160 valence electrons. The van der Waals surface area contributed by atoms with Crippen LogP contribution in [0.3, 0.4) is 0 Å². The number of piperidine rings is 1. The molecule has 1 aromatic carbocycles. The number of nitrogens with one attached hydrogen (secondary N) is 1. The van der Waals surface area contributed by atoms with Gasteiger partial charge in [-0.25, -0.2) is 9.97 Å². The van der Waals surface area contributed by atoms with Gasteiger partial charge in [-0.1, -0.05) is 23.9 Å². The number of rotatable bonds is 6. The summed E-state index contributed by atoms with van der Waals surface area (Å²) in [4.78, 5) is 29.0. The Morgan fingerprint density at radius 2 is 1.87 bits per heavy atom. The van der Waals surface area contributed by atoms with E-state index in [4.69, 9.17) is 0 Å². The summed E-state index contributed by atoms with van der Waals surface area (Å²) in [5, 5.41) is 4.00. The molecule has 7 heteroatoms. The average molecular weight is 434 g/mol. The molecule has 0 aliphatic carbocycles. The van der Waals surface area contributed by atoms with Crippen molar-refractivity contribution in [3.05, 3.63) is 71.8 Å². The highest BCUT2D eigenvalue weighted by Gasteiger charge is 2.25. The summed E-state index contributed by atoms with van der Waals surface area (Å²) in [6.07, 6.45) is 6.77. The first-order valence-electron chi connectivity index (χ1n) is 10.6. The van der Waals surface area contributed by atoms with Crippen LogP contribution in [0.4, 0.5) is 5.82 Å². The summed E-state index contributed by atoms with van der Waals surface area (Å²) in [5.74, 6) is 1.10. The second kappa shape index (κ2) is 9.92. The van der Waals surface area contributed by atoms with E-state index < -0.39 is 0 Å². The van der Waals surface area contributed by atoms with Crippen LogP contribution in [-0.2, 0) is 11.3 Å². The van der Waals surface area contributed by atoms with Gasteiger partial charge >= 0.3 is 0 Å². The second-order valence-corrected chi connectivity index (χ2v) is 8.98. The number of aryl methyl sites for hydroxylation is 2. The van der Waals surface area contributed by atoms with E-state index in [2.05, 4.69) is 63.3 Å². The Kier molecular flexibility index (Phi) is 6.82. The van der Waals surface area contributed by atoms with Gasteiger partial charge in [0, 0.05) is 48.9 Å². The molecule has 3 heterocycles. The number of carbonyl (C=O) groups excluding carboxylic acids is 1. The van der Waals surface area contributed by atoms with E-state index in [9.17, 15) is 4.79 Å². The van der Waals surface area contributed by atoms with Crippen molar-refractivity contribution < 1.29 is 4.79 Å². The van der Waals surface area contributed by atoms with Crippen LogP contribution in [-0.4, -0.2) is 33.9 Å². The topological polar surface area (TPSA) is 71.0 Å². The molecule has 4 rings (SSSR count). The smallest absolute Gasteiger partial charge is 0.223 e. The van der Waals surface area contributed by atoms with Crippen LogP contribution in [0.5, 0.6) is 0 Å². The van der Waals surface area contributed by atoms with Crippen LogP contribution in [0, 0.1) is 19.8 Å². The molecule has 1 fully saturated rings. The summed E-state index contributed by atoms with van der Waals surface area (Å²) >= 11 is 1.67. The Hall–Kier alpha value is -2.93. The number of benzene rings is 1. The number of aromatic nitrogens is 3. The predicted octanol–water partition coefficient (Wildman–Crippen LogP) is 4.17. The van der Waals surface area contributed by atoms with E-state index in [-0.39, 0.29) is 11.8 Å².